The summed E-state index contributed by atoms with van der Waals surface area (Å²) in [5.41, 5.74) is 1.77. The molecule has 114 valence electrons. The SMILES string of the molecule is CCc1ccc(CNC)cc1S(=O)(=O)NC(C)COC. The molecule has 0 bridgehead atoms. The van der Waals surface area contributed by atoms with Crippen LogP contribution in [0.15, 0.2) is 23.1 Å². The molecule has 0 aliphatic carbocycles. The largest absolute Gasteiger partial charge is 0.383 e. The van der Waals surface area contributed by atoms with Gasteiger partial charge in [0.05, 0.1) is 11.5 Å². The minimum absolute atomic E-state index is 0.261. The maximum Gasteiger partial charge on any atom is 0.241 e. The van der Waals surface area contributed by atoms with Gasteiger partial charge in [0.1, 0.15) is 0 Å². The van der Waals surface area contributed by atoms with Crippen LogP contribution >= 0.6 is 0 Å². The summed E-state index contributed by atoms with van der Waals surface area (Å²) < 4.78 is 32.5. The Morgan fingerprint density at radius 1 is 1.35 bits per heavy atom. The van der Waals surface area contributed by atoms with Crippen molar-refractivity contribution in [3.05, 3.63) is 29.3 Å². The van der Waals surface area contributed by atoms with Gasteiger partial charge in [-0.1, -0.05) is 19.1 Å². The molecule has 0 amide bonds. The van der Waals surface area contributed by atoms with E-state index in [0.29, 0.717) is 24.5 Å². The van der Waals surface area contributed by atoms with Crippen LogP contribution in [0.1, 0.15) is 25.0 Å². The normalized spacial score (nSPS) is 13.4. The quantitative estimate of drug-likeness (QED) is 0.759. The van der Waals surface area contributed by atoms with Crippen LogP contribution in [0, 0.1) is 0 Å². The number of ether oxygens (including phenoxy) is 1. The third-order valence-electron chi connectivity index (χ3n) is 2.96. The predicted octanol–water partition coefficient (Wildman–Crippen LogP) is 1.28. The lowest BCUT2D eigenvalue weighted by Crippen LogP contribution is -2.36. The molecule has 0 saturated carbocycles. The van der Waals surface area contributed by atoms with E-state index >= 15 is 0 Å². The van der Waals surface area contributed by atoms with Gasteiger partial charge in [-0.15, -0.1) is 0 Å². The first-order valence-electron chi connectivity index (χ1n) is 6.72. The van der Waals surface area contributed by atoms with Gasteiger partial charge >= 0.3 is 0 Å². The van der Waals surface area contributed by atoms with E-state index < -0.39 is 10.0 Å². The number of methoxy groups -OCH3 is 1. The monoisotopic (exact) mass is 300 g/mol. The Hall–Kier alpha value is -0.950. The molecule has 0 fully saturated rings. The molecule has 0 radical (unpaired) electrons. The number of rotatable bonds is 8. The molecule has 1 aromatic rings. The average Bonchev–Trinajstić information content (AvgIpc) is 2.38. The lowest BCUT2D eigenvalue weighted by Gasteiger charge is -2.16. The number of nitrogens with one attached hydrogen (secondary N) is 2. The summed E-state index contributed by atoms with van der Waals surface area (Å²) >= 11 is 0. The van der Waals surface area contributed by atoms with Gasteiger partial charge in [-0.2, -0.15) is 0 Å². The van der Waals surface area contributed by atoms with E-state index in [1.165, 1.54) is 0 Å². The van der Waals surface area contributed by atoms with Gasteiger partial charge in [0.15, 0.2) is 0 Å². The third kappa shape index (κ3) is 4.56. The molecular weight excluding hydrogens is 276 g/mol. The first-order chi connectivity index (χ1) is 9.44. The third-order valence-corrected chi connectivity index (χ3v) is 4.63. The summed E-state index contributed by atoms with van der Waals surface area (Å²) in [6.07, 6.45) is 0.675. The van der Waals surface area contributed by atoms with Crippen LogP contribution in [-0.4, -0.2) is 35.2 Å². The van der Waals surface area contributed by atoms with Gasteiger partial charge in [-0.05, 0) is 37.6 Å². The van der Waals surface area contributed by atoms with Crippen molar-refractivity contribution in [2.24, 2.45) is 0 Å². The zero-order valence-electron chi connectivity index (χ0n) is 12.6. The van der Waals surface area contributed by atoms with Gasteiger partial charge < -0.3 is 10.1 Å². The molecule has 2 N–H and O–H groups in total. The highest BCUT2D eigenvalue weighted by Gasteiger charge is 2.20. The van der Waals surface area contributed by atoms with E-state index in [2.05, 4.69) is 10.0 Å². The molecule has 0 aliphatic heterocycles. The summed E-state index contributed by atoms with van der Waals surface area (Å²) in [5.74, 6) is 0. The Balaban J connectivity index is 3.11. The number of aryl methyl sites for hydroxylation is 1. The maximum atomic E-state index is 12.5. The second-order valence-electron chi connectivity index (χ2n) is 4.80. The second-order valence-corrected chi connectivity index (χ2v) is 6.49. The second kappa shape index (κ2) is 7.73. The van der Waals surface area contributed by atoms with Crippen LogP contribution in [0.5, 0.6) is 0 Å². The molecule has 1 unspecified atom stereocenters. The number of sulfonamides is 1. The van der Waals surface area contributed by atoms with Crippen molar-refractivity contribution in [3.8, 4) is 0 Å². The Bertz CT molecular complexity index is 529. The topological polar surface area (TPSA) is 67.4 Å². The van der Waals surface area contributed by atoms with Crippen LogP contribution in [-0.2, 0) is 27.7 Å². The molecule has 5 nitrogen and oxygen atoms in total. The lowest BCUT2D eigenvalue weighted by atomic mass is 10.1. The molecule has 0 heterocycles. The van der Waals surface area contributed by atoms with Gasteiger partial charge in [0.2, 0.25) is 10.0 Å². The minimum Gasteiger partial charge on any atom is -0.383 e. The molecule has 1 aromatic carbocycles. The molecular formula is C14H24N2O3S. The summed E-state index contributed by atoms with van der Waals surface area (Å²) in [6, 6.07) is 5.30. The number of hydrogen-bond acceptors (Lipinski definition) is 4. The Morgan fingerprint density at radius 3 is 2.60 bits per heavy atom. The average molecular weight is 300 g/mol. The van der Waals surface area contributed by atoms with E-state index in [-0.39, 0.29) is 6.04 Å². The van der Waals surface area contributed by atoms with Crippen LogP contribution in [0.4, 0.5) is 0 Å². The van der Waals surface area contributed by atoms with Crippen molar-refractivity contribution in [3.63, 3.8) is 0 Å². The first-order valence-corrected chi connectivity index (χ1v) is 8.20. The zero-order chi connectivity index (χ0) is 15.2. The van der Waals surface area contributed by atoms with Crippen molar-refractivity contribution in [2.45, 2.75) is 37.8 Å². The first kappa shape index (κ1) is 17.1. The van der Waals surface area contributed by atoms with Crippen molar-refractivity contribution in [1.82, 2.24) is 10.0 Å². The Morgan fingerprint density at radius 2 is 2.05 bits per heavy atom. The number of hydrogen-bond donors (Lipinski definition) is 2. The molecule has 0 aliphatic rings. The van der Waals surface area contributed by atoms with E-state index in [4.69, 9.17) is 4.74 Å². The van der Waals surface area contributed by atoms with E-state index in [0.717, 1.165) is 11.1 Å². The van der Waals surface area contributed by atoms with Gasteiger partial charge in [0, 0.05) is 19.7 Å². The summed E-state index contributed by atoms with van der Waals surface area (Å²) in [5, 5.41) is 3.03. The van der Waals surface area contributed by atoms with E-state index in [1.807, 2.05) is 26.1 Å². The summed E-state index contributed by atoms with van der Waals surface area (Å²) in [6.45, 7) is 4.71. The van der Waals surface area contributed by atoms with Gasteiger partial charge in [-0.3, -0.25) is 0 Å². The maximum absolute atomic E-state index is 12.5. The van der Waals surface area contributed by atoms with E-state index in [9.17, 15) is 8.42 Å². The van der Waals surface area contributed by atoms with Crippen molar-refractivity contribution in [2.75, 3.05) is 20.8 Å². The molecule has 1 atom stereocenters. The van der Waals surface area contributed by atoms with Crippen LogP contribution in [0.3, 0.4) is 0 Å². The van der Waals surface area contributed by atoms with Gasteiger partial charge in [0.25, 0.3) is 0 Å². The van der Waals surface area contributed by atoms with Gasteiger partial charge in [-0.25, -0.2) is 13.1 Å². The van der Waals surface area contributed by atoms with Crippen LogP contribution < -0.4 is 10.0 Å². The Kier molecular flexibility index (Phi) is 6.61. The fourth-order valence-corrected chi connectivity index (χ4v) is 3.66. The molecule has 0 spiro atoms. The highest BCUT2D eigenvalue weighted by atomic mass is 32.2. The standard InChI is InChI=1S/C14H24N2O3S/c1-5-13-7-6-12(9-15-3)8-14(13)20(17,18)16-11(2)10-19-4/h6-8,11,15-16H,5,9-10H2,1-4H3. The van der Waals surface area contributed by atoms with Crippen molar-refractivity contribution < 1.29 is 13.2 Å². The van der Waals surface area contributed by atoms with Crippen molar-refractivity contribution in [1.29, 1.82) is 0 Å². The molecule has 1 rings (SSSR count). The minimum atomic E-state index is -3.52. The zero-order valence-corrected chi connectivity index (χ0v) is 13.4. The molecule has 0 aromatic heterocycles. The fraction of sp³-hybridized carbons (Fsp3) is 0.571. The summed E-state index contributed by atoms with van der Waals surface area (Å²) in [7, 11) is -0.138. The van der Waals surface area contributed by atoms with E-state index in [1.54, 1.807) is 20.1 Å². The highest BCUT2D eigenvalue weighted by molar-refractivity contribution is 7.89. The Labute approximate surface area is 121 Å². The van der Waals surface area contributed by atoms with Crippen LogP contribution in [0.25, 0.3) is 0 Å². The smallest absolute Gasteiger partial charge is 0.241 e. The highest BCUT2D eigenvalue weighted by Crippen LogP contribution is 2.19. The van der Waals surface area contributed by atoms with Crippen LogP contribution in [0.2, 0.25) is 0 Å². The predicted molar refractivity (Wildman–Crippen MR) is 80.2 cm³/mol. The lowest BCUT2D eigenvalue weighted by molar-refractivity contribution is 0.180. The molecule has 20 heavy (non-hydrogen) atoms. The van der Waals surface area contributed by atoms with Crippen molar-refractivity contribution >= 4 is 10.0 Å². The number of benzene rings is 1. The fourth-order valence-electron chi connectivity index (χ4n) is 2.07. The summed E-state index contributed by atoms with van der Waals surface area (Å²) in [4.78, 5) is 0.357. The molecule has 6 heteroatoms. The molecule has 0 saturated heterocycles.